The molecule has 0 saturated heterocycles. The fourth-order valence-corrected chi connectivity index (χ4v) is 3.10. The fourth-order valence-electron chi connectivity index (χ4n) is 3.10. The number of hydrogen-bond donors (Lipinski definition) is 1. The van der Waals surface area contributed by atoms with Crippen LogP contribution in [0.4, 0.5) is 13.2 Å². The van der Waals surface area contributed by atoms with Crippen LogP contribution in [0.2, 0.25) is 0 Å². The van der Waals surface area contributed by atoms with Crippen LogP contribution in [0.15, 0.2) is 24.3 Å². The van der Waals surface area contributed by atoms with Gasteiger partial charge in [-0.05, 0) is 49.4 Å². The summed E-state index contributed by atoms with van der Waals surface area (Å²) in [7, 11) is 1.88. The molecule has 0 fully saturated rings. The van der Waals surface area contributed by atoms with E-state index in [1.807, 2.05) is 11.7 Å². The number of aryl methyl sites for hydroxylation is 1. The lowest BCUT2D eigenvalue weighted by molar-refractivity contribution is -0.137. The molecule has 3 rings (SSSR count). The van der Waals surface area contributed by atoms with Gasteiger partial charge in [0.1, 0.15) is 0 Å². The molecule has 2 aromatic rings. The standard InChI is InChI=1S/C17H18F3N3O/c1-23-15-8-3-2-7-13(15)14(22-23)10-21-16(24)11-5-4-6-12(9-11)17(18,19)20/h4-6,9H,2-3,7-8,10H2,1H3,(H,21,24). The van der Waals surface area contributed by atoms with Gasteiger partial charge in [-0.15, -0.1) is 0 Å². The summed E-state index contributed by atoms with van der Waals surface area (Å²) >= 11 is 0. The topological polar surface area (TPSA) is 46.9 Å². The van der Waals surface area contributed by atoms with Gasteiger partial charge in [-0.25, -0.2) is 0 Å². The van der Waals surface area contributed by atoms with Gasteiger partial charge in [0.15, 0.2) is 0 Å². The Labute approximate surface area is 137 Å². The number of nitrogens with one attached hydrogen (secondary N) is 1. The summed E-state index contributed by atoms with van der Waals surface area (Å²) < 4.78 is 40.0. The molecule has 0 saturated carbocycles. The van der Waals surface area contributed by atoms with Crippen LogP contribution >= 0.6 is 0 Å². The molecule has 128 valence electrons. The fraction of sp³-hybridized carbons (Fsp3) is 0.412. The second-order valence-corrected chi connectivity index (χ2v) is 5.96. The summed E-state index contributed by atoms with van der Waals surface area (Å²) in [4.78, 5) is 12.2. The van der Waals surface area contributed by atoms with E-state index in [4.69, 9.17) is 0 Å². The van der Waals surface area contributed by atoms with Gasteiger partial charge in [-0.1, -0.05) is 6.07 Å². The van der Waals surface area contributed by atoms with Crippen LogP contribution in [0.1, 0.15) is 45.7 Å². The molecule has 7 heteroatoms. The first kappa shape index (κ1) is 16.5. The zero-order valence-electron chi connectivity index (χ0n) is 13.3. The number of carbonyl (C=O) groups is 1. The first-order valence-electron chi connectivity index (χ1n) is 7.85. The maximum Gasteiger partial charge on any atom is 0.416 e. The van der Waals surface area contributed by atoms with Crippen LogP contribution in [-0.4, -0.2) is 15.7 Å². The van der Waals surface area contributed by atoms with Gasteiger partial charge >= 0.3 is 6.18 Å². The average Bonchev–Trinajstić information content (AvgIpc) is 2.89. The van der Waals surface area contributed by atoms with Gasteiger partial charge < -0.3 is 5.32 Å². The molecule has 1 aliphatic rings. The number of carbonyl (C=O) groups excluding carboxylic acids is 1. The first-order valence-corrected chi connectivity index (χ1v) is 7.85. The molecule has 1 amide bonds. The van der Waals surface area contributed by atoms with Gasteiger partial charge in [0.25, 0.3) is 5.91 Å². The SMILES string of the molecule is Cn1nc(CNC(=O)c2cccc(C(F)(F)F)c2)c2c1CCCC2. The molecule has 0 aliphatic heterocycles. The molecule has 1 N–H and O–H groups in total. The predicted octanol–water partition coefficient (Wildman–Crippen LogP) is 3.25. The number of hydrogen-bond acceptors (Lipinski definition) is 2. The Kier molecular flexibility index (Phi) is 4.34. The predicted molar refractivity (Wildman–Crippen MR) is 82.5 cm³/mol. The first-order chi connectivity index (χ1) is 11.4. The third kappa shape index (κ3) is 3.29. The summed E-state index contributed by atoms with van der Waals surface area (Å²) in [5, 5.41) is 7.11. The number of nitrogens with zero attached hydrogens (tertiary/aromatic N) is 2. The second-order valence-electron chi connectivity index (χ2n) is 5.96. The Morgan fingerprint density at radius 1 is 1.29 bits per heavy atom. The van der Waals surface area contributed by atoms with Crippen LogP contribution in [-0.2, 0) is 32.6 Å². The summed E-state index contributed by atoms with van der Waals surface area (Å²) in [5.41, 5.74) is 2.31. The van der Waals surface area contributed by atoms with Crippen molar-refractivity contribution in [2.45, 2.75) is 38.4 Å². The smallest absolute Gasteiger partial charge is 0.346 e. The molecule has 1 heterocycles. The van der Waals surface area contributed by atoms with E-state index >= 15 is 0 Å². The number of aromatic nitrogens is 2. The average molecular weight is 337 g/mol. The van der Waals surface area contributed by atoms with E-state index in [0.29, 0.717) is 0 Å². The Bertz CT molecular complexity index is 765. The number of rotatable bonds is 3. The third-order valence-electron chi connectivity index (χ3n) is 4.32. The van der Waals surface area contributed by atoms with Gasteiger partial charge in [-0.2, -0.15) is 18.3 Å². The van der Waals surface area contributed by atoms with E-state index in [2.05, 4.69) is 10.4 Å². The van der Waals surface area contributed by atoms with Crippen molar-refractivity contribution in [2.24, 2.45) is 7.05 Å². The molecule has 0 radical (unpaired) electrons. The number of benzene rings is 1. The number of amides is 1. The van der Waals surface area contributed by atoms with Crippen molar-refractivity contribution >= 4 is 5.91 Å². The maximum atomic E-state index is 12.7. The highest BCUT2D eigenvalue weighted by Crippen LogP contribution is 2.29. The van der Waals surface area contributed by atoms with Gasteiger partial charge in [0.05, 0.1) is 17.8 Å². The lowest BCUT2D eigenvalue weighted by atomic mass is 9.95. The Morgan fingerprint density at radius 3 is 2.79 bits per heavy atom. The van der Waals surface area contributed by atoms with Crippen molar-refractivity contribution in [1.82, 2.24) is 15.1 Å². The molecular formula is C17H18F3N3O. The lowest BCUT2D eigenvalue weighted by Crippen LogP contribution is -2.24. The molecule has 0 unspecified atom stereocenters. The van der Waals surface area contributed by atoms with Crippen LogP contribution in [0.5, 0.6) is 0 Å². The largest absolute Gasteiger partial charge is 0.416 e. The van der Waals surface area contributed by atoms with Gasteiger partial charge in [0, 0.05) is 18.3 Å². The van der Waals surface area contributed by atoms with Crippen molar-refractivity contribution in [2.75, 3.05) is 0 Å². The van der Waals surface area contributed by atoms with Gasteiger partial charge in [-0.3, -0.25) is 9.48 Å². The monoisotopic (exact) mass is 337 g/mol. The molecule has 1 aliphatic carbocycles. The summed E-state index contributed by atoms with van der Waals surface area (Å²) in [6, 6.07) is 4.42. The molecule has 1 aromatic heterocycles. The normalized spacial score (nSPS) is 14.3. The summed E-state index contributed by atoms with van der Waals surface area (Å²) in [6.07, 6.45) is -0.343. The summed E-state index contributed by atoms with van der Waals surface area (Å²) in [6.45, 7) is 0.220. The molecule has 0 spiro atoms. The number of halogens is 3. The zero-order chi connectivity index (χ0) is 17.3. The minimum absolute atomic E-state index is 0.00498. The Morgan fingerprint density at radius 2 is 2.04 bits per heavy atom. The Hall–Kier alpha value is -2.31. The third-order valence-corrected chi connectivity index (χ3v) is 4.32. The van der Waals surface area contributed by atoms with E-state index in [1.54, 1.807) is 0 Å². The zero-order valence-corrected chi connectivity index (χ0v) is 13.3. The summed E-state index contributed by atoms with van der Waals surface area (Å²) in [5.74, 6) is -0.531. The van der Waals surface area contributed by atoms with E-state index in [-0.39, 0.29) is 12.1 Å². The molecule has 1 aromatic carbocycles. The van der Waals surface area contributed by atoms with E-state index in [0.717, 1.165) is 49.1 Å². The van der Waals surface area contributed by atoms with Crippen LogP contribution < -0.4 is 5.32 Å². The highest BCUT2D eigenvalue weighted by molar-refractivity contribution is 5.94. The minimum Gasteiger partial charge on any atom is -0.346 e. The Balaban J connectivity index is 1.73. The molecular weight excluding hydrogens is 319 g/mol. The van der Waals surface area contributed by atoms with E-state index < -0.39 is 17.6 Å². The van der Waals surface area contributed by atoms with Crippen molar-refractivity contribution in [3.8, 4) is 0 Å². The van der Waals surface area contributed by atoms with Crippen molar-refractivity contribution in [3.05, 3.63) is 52.3 Å². The van der Waals surface area contributed by atoms with Crippen LogP contribution in [0, 0.1) is 0 Å². The molecule has 0 bridgehead atoms. The van der Waals surface area contributed by atoms with Crippen LogP contribution in [0.25, 0.3) is 0 Å². The highest BCUT2D eigenvalue weighted by Gasteiger charge is 2.31. The van der Waals surface area contributed by atoms with Crippen molar-refractivity contribution in [3.63, 3.8) is 0 Å². The second kappa shape index (κ2) is 6.30. The minimum atomic E-state index is -4.46. The van der Waals surface area contributed by atoms with Crippen LogP contribution in [0.3, 0.4) is 0 Å². The molecule has 4 nitrogen and oxygen atoms in total. The van der Waals surface area contributed by atoms with E-state index in [9.17, 15) is 18.0 Å². The number of alkyl halides is 3. The molecule has 24 heavy (non-hydrogen) atoms. The van der Waals surface area contributed by atoms with E-state index in [1.165, 1.54) is 17.8 Å². The maximum absolute atomic E-state index is 12.7. The van der Waals surface area contributed by atoms with Crippen molar-refractivity contribution in [1.29, 1.82) is 0 Å². The van der Waals surface area contributed by atoms with Gasteiger partial charge in [0.2, 0.25) is 0 Å². The number of fused-ring (bicyclic) bond motifs is 1. The molecule has 0 atom stereocenters. The quantitative estimate of drug-likeness (QED) is 0.935. The highest BCUT2D eigenvalue weighted by atomic mass is 19.4. The van der Waals surface area contributed by atoms with Crippen molar-refractivity contribution < 1.29 is 18.0 Å². The lowest BCUT2D eigenvalue weighted by Gasteiger charge is -2.13.